The van der Waals surface area contributed by atoms with Gasteiger partial charge >= 0.3 is 0 Å². The van der Waals surface area contributed by atoms with Gasteiger partial charge in [-0.05, 0) is 26.6 Å². The summed E-state index contributed by atoms with van der Waals surface area (Å²) in [6.45, 7) is 6.34. The molecule has 0 aliphatic carbocycles. The molecule has 1 amide bonds. The Morgan fingerprint density at radius 2 is 1.81 bits per heavy atom. The van der Waals surface area contributed by atoms with Crippen LogP contribution in [0.1, 0.15) is 17.5 Å². The highest BCUT2D eigenvalue weighted by Gasteiger charge is 2.22. The van der Waals surface area contributed by atoms with Gasteiger partial charge in [0.1, 0.15) is 5.76 Å². The topological polar surface area (TPSA) is 43.8 Å². The largest absolute Gasteiger partial charge is 0.511 e. The van der Waals surface area contributed by atoms with E-state index in [1.807, 2.05) is 50.2 Å². The van der Waals surface area contributed by atoms with E-state index in [2.05, 4.69) is 6.58 Å². The summed E-state index contributed by atoms with van der Waals surface area (Å²) in [6.07, 6.45) is 1.00. The van der Waals surface area contributed by atoms with Crippen molar-refractivity contribution in [2.75, 3.05) is 27.7 Å². The third kappa shape index (κ3) is 5.60. The number of aryl methyl sites for hydroxylation is 1. The molecule has 0 radical (unpaired) electrons. The van der Waals surface area contributed by atoms with Crippen molar-refractivity contribution < 1.29 is 9.90 Å². The van der Waals surface area contributed by atoms with E-state index in [0.29, 0.717) is 19.4 Å². The number of hydrogen-bond acceptors (Lipinski definition) is 3. The fourth-order valence-electron chi connectivity index (χ4n) is 2.10. The number of likely N-dealkylation sites (N-methyl/N-ethyl adjacent to an activating group) is 1. The van der Waals surface area contributed by atoms with Gasteiger partial charge < -0.3 is 14.9 Å². The minimum Gasteiger partial charge on any atom is -0.511 e. The highest BCUT2D eigenvalue weighted by Crippen LogP contribution is 2.14. The van der Waals surface area contributed by atoms with Crippen LogP contribution in [0.15, 0.2) is 36.6 Å². The molecule has 1 rings (SSSR count). The Kier molecular flexibility index (Phi) is 6.43. The van der Waals surface area contributed by atoms with Crippen LogP contribution in [0, 0.1) is 6.92 Å². The molecule has 1 unspecified atom stereocenters. The Balaban J connectivity index is 2.74. The summed E-state index contributed by atoms with van der Waals surface area (Å²) in [5, 5.41) is 9.83. The molecule has 1 aromatic carbocycles. The molecule has 0 fully saturated rings. The molecule has 4 nitrogen and oxygen atoms in total. The van der Waals surface area contributed by atoms with Crippen molar-refractivity contribution in [1.82, 2.24) is 9.80 Å². The molecular formula is C17H26N2O2. The van der Waals surface area contributed by atoms with Crippen LogP contribution in [-0.4, -0.2) is 54.5 Å². The Morgan fingerprint density at radius 3 is 2.29 bits per heavy atom. The second-order valence-electron chi connectivity index (χ2n) is 5.75. The van der Waals surface area contributed by atoms with Crippen molar-refractivity contribution in [3.05, 3.63) is 47.7 Å². The van der Waals surface area contributed by atoms with Gasteiger partial charge in [-0.1, -0.05) is 36.4 Å². The average Bonchev–Trinajstić information content (AvgIpc) is 2.43. The van der Waals surface area contributed by atoms with Gasteiger partial charge in [-0.2, -0.15) is 0 Å². The van der Waals surface area contributed by atoms with Crippen molar-refractivity contribution in [1.29, 1.82) is 0 Å². The Morgan fingerprint density at radius 1 is 1.24 bits per heavy atom. The molecule has 1 aromatic rings. The second-order valence-corrected chi connectivity index (χ2v) is 5.75. The lowest BCUT2D eigenvalue weighted by Gasteiger charge is -2.28. The molecule has 0 saturated carbocycles. The number of aliphatic hydroxyl groups excluding tert-OH is 1. The van der Waals surface area contributed by atoms with Crippen LogP contribution < -0.4 is 0 Å². The first-order chi connectivity index (χ1) is 9.81. The monoisotopic (exact) mass is 290 g/mol. The molecule has 0 heterocycles. The summed E-state index contributed by atoms with van der Waals surface area (Å²) in [6, 6.07) is 7.70. The summed E-state index contributed by atoms with van der Waals surface area (Å²) in [5.41, 5.74) is 2.27. The maximum Gasteiger partial charge on any atom is 0.224 e. The smallest absolute Gasteiger partial charge is 0.224 e. The van der Waals surface area contributed by atoms with Gasteiger partial charge in [0.05, 0.1) is 6.04 Å². The molecule has 21 heavy (non-hydrogen) atoms. The number of carbonyl (C=O) groups excluding carboxylic acids is 1. The van der Waals surface area contributed by atoms with E-state index in [4.69, 9.17) is 0 Å². The first-order valence-corrected chi connectivity index (χ1v) is 7.15. The number of carbonyl (C=O) groups is 1. The highest BCUT2D eigenvalue weighted by atomic mass is 16.3. The number of amides is 1. The third-order valence-electron chi connectivity index (χ3n) is 3.57. The minimum absolute atomic E-state index is 0.0102. The van der Waals surface area contributed by atoms with Gasteiger partial charge in [-0.3, -0.25) is 4.79 Å². The zero-order valence-corrected chi connectivity index (χ0v) is 13.5. The van der Waals surface area contributed by atoms with E-state index >= 15 is 0 Å². The molecule has 0 saturated heterocycles. The summed E-state index contributed by atoms with van der Waals surface area (Å²) >= 11 is 0. The summed E-state index contributed by atoms with van der Waals surface area (Å²) in [4.78, 5) is 15.7. The van der Waals surface area contributed by atoms with E-state index in [1.54, 1.807) is 11.9 Å². The van der Waals surface area contributed by atoms with Crippen LogP contribution in [0.2, 0.25) is 0 Å². The van der Waals surface area contributed by atoms with E-state index in [-0.39, 0.29) is 17.7 Å². The lowest BCUT2D eigenvalue weighted by atomic mass is 10.0. The number of nitrogens with zero attached hydrogens (tertiary/aromatic N) is 2. The Labute approximate surface area is 127 Å². The molecule has 0 aromatic heterocycles. The zero-order chi connectivity index (χ0) is 16.0. The van der Waals surface area contributed by atoms with Crippen LogP contribution in [0.5, 0.6) is 0 Å². The second kappa shape index (κ2) is 7.84. The van der Waals surface area contributed by atoms with E-state index in [1.165, 1.54) is 5.56 Å². The Bertz CT molecular complexity index is 480. The fourth-order valence-corrected chi connectivity index (χ4v) is 2.10. The van der Waals surface area contributed by atoms with Crippen LogP contribution in [0.25, 0.3) is 0 Å². The van der Waals surface area contributed by atoms with Crippen LogP contribution in [-0.2, 0) is 11.2 Å². The number of rotatable bonds is 7. The molecule has 0 bridgehead atoms. The maximum absolute atomic E-state index is 12.2. The Hall–Kier alpha value is -1.81. The van der Waals surface area contributed by atoms with Crippen molar-refractivity contribution in [2.45, 2.75) is 25.8 Å². The number of hydrogen-bond donors (Lipinski definition) is 1. The van der Waals surface area contributed by atoms with Gasteiger partial charge in [0.25, 0.3) is 0 Å². The predicted octanol–water partition coefficient (Wildman–Crippen LogP) is 2.39. The van der Waals surface area contributed by atoms with Crippen molar-refractivity contribution in [3.8, 4) is 0 Å². The first-order valence-electron chi connectivity index (χ1n) is 7.15. The quantitative estimate of drug-likeness (QED) is 0.784. The summed E-state index contributed by atoms with van der Waals surface area (Å²) in [7, 11) is 5.59. The van der Waals surface area contributed by atoms with Crippen molar-refractivity contribution >= 4 is 5.91 Å². The molecule has 0 spiro atoms. The minimum atomic E-state index is -0.387. The first kappa shape index (κ1) is 17.2. The van der Waals surface area contributed by atoms with E-state index < -0.39 is 0 Å². The van der Waals surface area contributed by atoms with Gasteiger partial charge in [-0.25, -0.2) is 0 Å². The molecule has 1 N–H and O–H groups in total. The van der Waals surface area contributed by atoms with Gasteiger partial charge in [-0.15, -0.1) is 0 Å². The van der Waals surface area contributed by atoms with Gasteiger partial charge in [0.2, 0.25) is 5.91 Å². The fraction of sp³-hybridized carbons (Fsp3) is 0.471. The normalized spacial score (nSPS) is 12.2. The molecule has 0 aliphatic rings. The van der Waals surface area contributed by atoms with Gasteiger partial charge in [0.15, 0.2) is 0 Å². The predicted molar refractivity (Wildman–Crippen MR) is 86.4 cm³/mol. The molecule has 1 atom stereocenters. The zero-order valence-electron chi connectivity index (χ0n) is 13.5. The lowest BCUT2D eigenvalue weighted by Crippen LogP contribution is -2.40. The summed E-state index contributed by atoms with van der Waals surface area (Å²) < 4.78 is 0. The molecular weight excluding hydrogens is 264 g/mol. The summed E-state index contributed by atoms with van der Waals surface area (Å²) in [5.74, 6) is 0.0345. The third-order valence-corrected chi connectivity index (χ3v) is 3.57. The van der Waals surface area contributed by atoms with Gasteiger partial charge in [0, 0.05) is 26.4 Å². The van der Waals surface area contributed by atoms with Crippen LogP contribution in [0.3, 0.4) is 0 Å². The van der Waals surface area contributed by atoms with Crippen molar-refractivity contribution in [2.24, 2.45) is 0 Å². The van der Waals surface area contributed by atoms with Crippen LogP contribution in [0.4, 0.5) is 0 Å². The standard InChI is InChI=1S/C17H26N2O2/c1-13-6-8-15(9-7-13)12-16(14(2)20)19(5)17(21)10-11-18(3)4/h6-9,16,20H,2,10-12H2,1,3-5H3. The number of aliphatic hydroxyl groups is 1. The van der Waals surface area contributed by atoms with E-state index in [0.717, 1.165) is 5.56 Å². The SMILES string of the molecule is C=C(O)C(Cc1ccc(C)cc1)N(C)C(=O)CCN(C)C. The van der Waals surface area contributed by atoms with E-state index in [9.17, 15) is 9.90 Å². The van der Waals surface area contributed by atoms with Crippen molar-refractivity contribution in [3.63, 3.8) is 0 Å². The lowest BCUT2D eigenvalue weighted by molar-refractivity contribution is -0.132. The molecule has 4 heteroatoms. The van der Waals surface area contributed by atoms with Crippen LogP contribution >= 0.6 is 0 Å². The molecule has 0 aliphatic heterocycles. The average molecular weight is 290 g/mol. The maximum atomic E-state index is 12.2. The molecule has 116 valence electrons. The highest BCUT2D eigenvalue weighted by molar-refractivity contribution is 5.76. The number of benzene rings is 1.